The van der Waals surface area contributed by atoms with Gasteiger partial charge in [0.15, 0.2) is 12.7 Å². The van der Waals surface area contributed by atoms with E-state index in [1.165, 1.54) is 0 Å². The van der Waals surface area contributed by atoms with Crippen molar-refractivity contribution in [2.75, 3.05) is 26.9 Å². The van der Waals surface area contributed by atoms with Crippen molar-refractivity contribution in [2.24, 2.45) is 0 Å². The second-order valence-corrected chi connectivity index (χ2v) is 7.53. The smallest absolute Gasteiger partial charge is 0.335 e. The van der Waals surface area contributed by atoms with Gasteiger partial charge in [-0.2, -0.15) is 0 Å². The van der Waals surface area contributed by atoms with E-state index in [9.17, 15) is 9.59 Å². The number of aromatic amines is 1. The van der Waals surface area contributed by atoms with Crippen LogP contribution in [0.2, 0.25) is 0 Å². The Balaban J connectivity index is 1.46. The summed E-state index contributed by atoms with van der Waals surface area (Å²) in [5.41, 5.74) is 3.16. The number of methoxy groups -OCH3 is 1. The molecular formula is C24H26N2O5. The third-order valence-corrected chi connectivity index (χ3v) is 5.56. The molecule has 1 fully saturated rings. The minimum Gasteiger partial charge on any atom is -0.497 e. The Labute approximate surface area is 180 Å². The van der Waals surface area contributed by atoms with Gasteiger partial charge < -0.3 is 24.5 Å². The van der Waals surface area contributed by atoms with Crippen LogP contribution in [0.1, 0.15) is 29.9 Å². The van der Waals surface area contributed by atoms with Crippen molar-refractivity contribution in [3.8, 4) is 5.75 Å². The van der Waals surface area contributed by atoms with Gasteiger partial charge in [-0.1, -0.05) is 30.3 Å². The summed E-state index contributed by atoms with van der Waals surface area (Å²) in [7, 11) is 1.63. The van der Waals surface area contributed by atoms with E-state index >= 15 is 0 Å². The fraction of sp³-hybridized carbons (Fsp3) is 0.333. The van der Waals surface area contributed by atoms with Gasteiger partial charge >= 0.3 is 5.97 Å². The monoisotopic (exact) mass is 422 g/mol. The molecule has 0 aliphatic carbocycles. The van der Waals surface area contributed by atoms with Crippen LogP contribution in [0.3, 0.4) is 0 Å². The van der Waals surface area contributed by atoms with Crippen LogP contribution < -0.4 is 10.1 Å². The van der Waals surface area contributed by atoms with Gasteiger partial charge in [-0.15, -0.1) is 0 Å². The predicted molar refractivity (Wildman–Crippen MR) is 116 cm³/mol. The molecule has 7 heteroatoms. The minimum absolute atomic E-state index is 0.0835. The largest absolute Gasteiger partial charge is 0.497 e. The average Bonchev–Trinajstić information content (AvgIpc) is 3.49. The van der Waals surface area contributed by atoms with E-state index in [1.54, 1.807) is 7.11 Å². The zero-order valence-electron chi connectivity index (χ0n) is 17.4. The fourth-order valence-corrected chi connectivity index (χ4v) is 3.89. The molecule has 1 aromatic heterocycles. The van der Waals surface area contributed by atoms with E-state index in [4.69, 9.17) is 14.2 Å². The van der Waals surface area contributed by atoms with Gasteiger partial charge in [-0.3, -0.25) is 4.79 Å². The summed E-state index contributed by atoms with van der Waals surface area (Å²) in [6, 6.07) is 15.9. The maximum Gasteiger partial charge on any atom is 0.335 e. The lowest BCUT2D eigenvalue weighted by Gasteiger charge is -2.19. The van der Waals surface area contributed by atoms with E-state index in [0.29, 0.717) is 19.6 Å². The second-order valence-electron chi connectivity index (χ2n) is 7.53. The van der Waals surface area contributed by atoms with Crippen molar-refractivity contribution in [1.82, 2.24) is 10.3 Å². The van der Waals surface area contributed by atoms with Crippen molar-refractivity contribution in [3.63, 3.8) is 0 Å². The highest BCUT2D eigenvalue weighted by Crippen LogP contribution is 2.31. The molecule has 2 N–H and O–H groups in total. The van der Waals surface area contributed by atoms with E-state index in [0.717, 1.165) is 34.2 Å². The topological polar surface area (TPSA) is 89.7 Å². The minimum atomic E-state index is -0.550. The van der Waals surface area contributed by atoms with E-state index in [2.05, 4.69) is 16.4 Å². The van der Waals surface area contributed by atoms with Gasteiger partial charge in [0.25, 0.3) is 5.91 Å². The lowest BCUT2D eigenvalue weighted by Crippen LogP contribution is -2.34. The van der Waals surface area contributed by atoms with Gasteiger partial charge in [0, 0.05) is 36.2 Å². The van der Waals surface area contributed by atoms with Crippen molar-refractivity contribution in [2.45, 2.75) is 24.9 Å². The number of rotatable bonds is 8. The molecule has 2 heterocycles. The van der Waals surface area contributed by atoms with Crippen molar-refractivity contribution < 1.29 is 23.8 Å². The molecule has 1 amide bonds. The number of hydrogen-bond donors (Lipinski definition) is 2. The lowest BCUT2D eigenvalue weighted by atomic mass is 9.91. The molecule has 7 nitrogen and oxygen atoms in total. The molecule has 31 heavy (non-hydrogen) atoms. The molecule has 0 bridgehead atoms. The molecule has 2 atom stereocenters. The van der Waals surface area contributed by atoms with Crippen LogP contribution in [-0.4, -0.2) is 49.8 Å². The summed E-state index contributed by atoms with van der Waals surface area (Å²) in [5.74, 6) is -0.132. The Morgan fingerprint density at radius 2 is 2.00 bits per heavy atom. The number of carbonyl (C=O) groups excluding carboxylic acids is 2. The molecule has 2 aromatic carbocycles. The molecule has 0 unspecified atom stereocenters. The normalized spacial score (nSPS) is 16.7. The summed E-state index contributed by atoms with van der Waals surface area (Å²) in [6.07, 6.45) is 2.90. The highest BCUT2D eigenvalue weighted by atomic mass is 16.6. The SMILES string of the molecule is COc1ccc([C@H](CNC(=O)COC(=O)[C@H]2CCCO2)c2c[nH]c3ccccc23)cc1. The van der Waals surface area contributed by atoms with Gasteiger partial charge in [0.2, 0.25) is 0 Å². The quantitative estimate of drug-likeness (QED) is 0.545. The van der Waals surface area contributed by atoms with Crippen molar-refractivity contribution >= 4 is 22.8 Å². The van der Waals surface area contributed by atoms with Crippen LogP contribution in [-0.2, 0) is 19.1 Å². The predicted octanol–water partition coefficient (Wildman–Crippen LogP) is 3.15. The number of aromatic nitrogens is 1. The Morgan fingerprint density at radius 3 is 2.74 bits per heavy atom. The van der Waals surface area contributed by atoms with Crippen LogP contribution in [0.5, 0.6) is 5.75 Å². The van der Waals surface area contributed by atoms with E-state index < -0.39 is 12.1 Å². The zero-order valence-corrected chi connectivity index (χ0v) is 17.4. The van der Waals surface area contributed by atoms with Crippen LogP contribution in [0.4, 0.5) is 0 Å². The number of fused-ring (bicyclic) bond motifs is 1. The zero-order chi connectivity index (χ0) is 21.6. The van der Waals surface area contributed by atoms with Gasteiger partial charge in [0.05, 0.1) is 7.11 Å². The molecule has 4 rings (SSSR count). The number of ether oxygens (including phenoxy) is 3. The first kappa shape index (κ1) is 20.9. The third kappa shape index (κ3) is 4.88. The molecule has 1 aliphatic rings. The summed E-state index contributed by atoms with van der Waals surface area (Å²) in [5, 5.41) is 4.01. The number of nitrogens with one attached hydrogen (secondary N) is 2. The summed E-state index contributed by atoms with van der Waals surface area (Å²) >= 11 is 0. The van der Waals surface area contributed by atoms with Crippen molar-refractivity contribution in [1.29, 1.82) is 0 Å². The van der Waals surface area contributed by atoms with Crippen LogP contribution in [0.25, 0.3) is 10.9 Å². The number of esters is 1. The third-order valence-electron chi connectivity index (χ3n) is 5.56. The second kappa shape index (κ2) is 9.66. The molecule has 162 valence electrons. The molecule has 0 radical (unpaired) electrons. The van der Waals surface area contributed by atoms with Crippen LogP contribution in [0, 0.1) is 0 Å². The first-order chi connectivity index (χ1) is 15.2. The summed E-state index contributed by atoms with van der Waals surface area (Å²) in [6.45, 7) is 0.604. The number of amides is 1. The highest BCUT2D eigenvalue weighted by molar-refractivity contribution is 5.85. The Morgan fingerprint density at radius 1 is 1.19 bits per heavy atom. The first-order valence-electron chi connectivity index (χ1n) is 10.4. The number of carbonyl (C=O) groups is 2. The molecular weight excluding hydrogens is 396 g/mol. The Bertz CT molecular complexity index is 1040. The molecule has 1 saturated heterocycles. The molecule has 1 aliphatic heterocycles. The van der Waals surface area contributed by atoms with Gasteiger partial charge in [-0.25, -0.2) is 4.79 Å². The molecule has 0 spiro atoms. The summed E-state index contributed by atoms with van der Waals surface area (Å²) < 4.78 is 15.7. The van der Waals surface area contributed by atoms with Gasteiger partial charge in [-0.05, 0) is 42.2 Å². The number of hydrogen-bond acceptors (Lipinski definition) is 5. The maximum absolute atomic E-state index is 12.4. The standard InChI is InChI=1S/C24H26N2O5/c1-29-17-10-8-16(9-11-17)19(20-14-25-21-6-3-2-5-18(20)21)13-26-23(27)15-31-24(28)22-7-4-12-30-22/h2-3,5-6,8-11,14,19,22,25H,4,7,12-13,15H2,1H3,(H,26,27)/t19-,22+/m0/s1. The van der Waals surface area contributed by atoms with E-state index in [-0.39, 0.29) is 18.4 Å². The fourth-order valence-electron chi connectivity index (χ4n) is 3.89. The number of benzene rings is 2. The maximum atomic E-state index is 12.4. The summed E-state index contributed by atoms with van der Waals surface area (Å²) in [4.78, 5) is 27.6. The van der Waals surface area contributed by atoms with Gasteiger partial charge in [0.1, 0.15) is 5.75 Å². The highest BCUT2D eigenvalue weighted by Gasteiger charge is 2.26. The first-order valence-corrected chi connectivity index (χ1v) is 10.4. The van der Waals surface area contributed by atoms with E-state index in [1.807, 2.05) is 48.7 Å². The van der Waals surface area contributed by atoms with Crippen LogP contribution >= 0.6 is 0 Å². The van der Waals surface area contributed by atoms with Crippen LogP contribution in [0.15, 0.2) is 54.7 Å². The lowest BCUT2D eigenvalue weighted by molar-refractivity contribution is -0.157. The number of H-pyrrole nitrogens is 1. The van der Waals surface area contributed by atoms with Crippen molar-refractivity contribution in [3.05, 3.63) is 65.9 Å². The number of para-hydroxylation sites is 1. The Kier molecular flexibility index (Phi) is 6.52. The molecule has 0 saturated carbocycles. The molecule has 3 aromatic rings. The Hall–Kier alpha value is -3.32. The average molecular weight is 422 g/mol.